The number of piperidine rings is 1. The lowest BCUT2D eigenvalue weighted by atomic mass is 9.98. The number of carbonyl (C=O) groups excluding carboxylic acids is 1. The molecule has 0 radical (unpaired) electrons. The molecule has 1 aliphatic heterocycles. The minimum absolute atomic E-state index is 0.0197. The smallest absolute Gasteiger partial charge is 0.224 e. The highest BCUT2D eigenvalue weighted by Crippen LogP contribution is 2.32. The number of aryl methyl sites for hydroxylation is 3. The molecule has 1 saturated heterocycles. The summed E-state index contributed by atoms with van der Waals surface area (Å²) in [4.78, 5) is 23.7. The Morgan fingerprint density at radius 1 is 1.32 bits per heavy atom. The van der Waals surface area contributed by atoms with Crippen molar-refractivity contribution in [1.29, 1.82) is 0 Å². The second-order valence-corrected chi connectivity index (χ2v) is 6.59. The molecular formula is C18H25N5O2. The van der Waals surface area contributed by atoms with Crippen LogP contribution in [0.3, 0.4) is 0 Å². The first-order valence-electron chi connectivity index (χ1n) is 8.79. The number of rotatable bonds is 4. The van der Waals surface area contributed by atoms with Crippen molar-refractivity contribution in [3.63, 3.8) is 0 Å². The maximum atomic E-state index is 12.5. The first-order chi connectivity index (χ1) is 12.0. The van der Waals surface area contributed by atoms with Gasteiger partial charge in [-0.05, 0) is 46.1 Å². The van der Waals surface area contributed by atoms with E-state index in [1.807, 2.05) is 31.7 Å². The summed E-state index contributed by atoms with van der Waals surface area (Å²) in [7, 11) is 0. The lowest BCUT2D eigenvalue weighted by Crippen LogP contribution is -2.39. The van der Waals surface area contributed by atoms with Crippen molar-refractivity contribution in [1.82, 2.24) is 20.0 Å². The van der Waals surface area contributed by atoms with Gasteiger partial charge in [0.1, 0.15) is 5.76 Å². The van der Waals surface area contributed by atoms with Gasteiger partial charge in [-0.2, -0.15) is 0 Å². The van der Waals surface area contributed by atoms with Gasteiger partial charge in [-0.1, -0.05) is 5.16 Å². The van der Waals surface area contributed by atoms with Gasteiger partial charge in [0.2, 0.25) is 5.91 Å². The van der Waals surface area contributed by atoms with Gasteiger partial charge in [-0.25, -0.2) is 9.97 Å². The van der Waals surface area contributed by atoms with Gasteiger partial charge in [0.15, 0.2) is 5.82 Å². The molecule has 7 heteroatoms. The molecule has 0 unspecified atom stereocenters. The summed E-state index contributed by atoms with van der Waals surface area (Å²) in [6.07, 6.45) is 3.39. The Morgan fingerprint density at radius 3 is 2.80 bits per heavy atom. The molecule has 0 bridgehead atoms. The van der Waals surface area contributed by atoms with Crippen LogP contribution in [-0.2, 0) is 4.79 Å². The first-order valence-corrected chi connectivity index (χ1v) is 8.79. The second-order valence-electron chi connectivity index (χ2n) is 6.59. The van der Waals surface area contributed by atoms with Crippen LogP contribution in [0.5, 0.6) is 0 Å². The Kier molecular flexibility index (Phi) is 5.13. The van der Waals surface area contributed by atoms with E-state index in [0.29, 0.717) is 24.6 Å². The molecule has 134 valence electrons. The molecule has 0 spiro atoms. The minimum Gasteiger partial charge on any atom is -0.361 e. The van der Waals surface area contributed by atoms with E-state index < -0.39 is 0 Å². The van der Waals surface area contributed by atoms with Gasteiger partial charge in [0.25, 0.3) is 0 Å². The summed E-state index contributed by atoms with van der Waals surface area (Å²) in [6.45, 7) is 6.82. The van der Waals surface area contributed by atoms with Crippen LogP contribution in [0.4, 0.5) is 0 Å². The van der Waals surface area contributed by atoms with E-state index in [1.54, 1.807) is 0 Å². The first kappa shape index (κ1) is 17.5. The van der Waals surface area contributed by atoms with E-state index in [0.717, 1.165) is 48.5 Å². The number of amides is 1. The summed E-state index contributed by atoms with van der Waals surface area (Å²) in [5.74, 6) is 1.42. The van der Waals surface area contributed by atoms with Crippen molar-refractivity contribution in [3.05, 3.63) is 28.9 Å². The van der Waals surface area contributed by atoms with Crippen molar-refractivity contribution >= 4 is 5.91 Å². The molecular weight excluding hydrogens is 318 g/mol. The quantitative estimate of drug-likeness (QED) is 0.915. The zero-order valence-corrected chi connectivity index (χ0v) is 15.1. The zero-order chi connectivity index (χ0) is 18.0. The molecule has 0 saturated carbocycles. The molecule has 0 aliphatic carbocycles. The topological polar surface area (TPSA) is 98.1 Å². The van der Waals surface area contributed by atoms with Crippen LogP contribution in [-0.4, -0.2) is 39.0 Å². The maximum absolute atomic E-state index is 12.5. The number of hydrogen-bond donors (Lipinski definition) is 1. The normalized spacial score (nSPS) is 17.8. The van der Waals surface area contributed by atoms with E-state index in [-0.39, 0.29) is 11.9 Å². The Balaban J connectivity index is 2.00. The van der Waals surface area contributed by atoms with Gasteiger partial charge < -0.3 is 15.2 Å². The fourth-order valence-corrected chi connectivity index (χ4v) is 3.48. The summed E-state index contributed by atoms with van der Waals surface area (Å²) < 4.78 is 5.26. The van der Waals surface area contributed by atoms with Crippen molar-refractivity contribution < 1.29 is 9.32 Å². The van der Waals surface area contributed by atoms with Gasteiger partial charge in [0, 0.05) is 25.2 Å². The predicted molar refractivity (Wildman–Crippen MR) is 93.7 cm³/mol. The molecule has 3 heterocycles. The number of aromatic nitrogens is 3. The highest BCUT2D eigenvalue weighted by Gasteiger charge is 2.29. The average molecular weight is 343 g/mol. The SMILES string of the molecule is Cc1cc([C@@H]2CCCCN2C(=O)CCN)nc(-c2c(C)noc2C)n1. The molecule has 1 atom stereocenters. The van der Waals surface area contributed by atoms with Gasteiger partial charge in [-0.3, -0.25) is 4.79 Å². The van der Waals surface area contributed by atoms with Crippen molar-refractivity contribution in [3.8, 4) is 11.4 Å². The number of nitrogens with zero attached hydrogens (tertiary/aromatic N) is 4. The Bertz CT molecular complexity index is 751. The third-order valence-corrected chi connectivity index (χ3v) is 4.65. The number of hydrogen-bond acceptors (Lipinski definition) is 6. The summed E-state index contributed by atoms with van der Waals surface area (Å²) in [5.41, 5.74) is 8.94. The van der Waals surface area contributed by atoms with Crippen LogP contribution in [0.15, 0.2) is 10.6 Å². The standard InChI is InChI=1S/C18H25N5O2/c1-11-10-14(15-6-4-5-9-23(15)16(24)7-8-19)21-18(20-11)17-12(2)22-25-13(17)3/h10,15H,4-9,19H2,1-3H3/t15-/m0/s1. The van der Waals surface area contributed by atoms with E-state index in [2.05, 4.69) is 10.1 Å². The molecule has 1 fully saturated rings. The number of likely N-dealkylation sites (tertiary alicyclic amines) is 1. The Morgan fingerprint density at radius 2 is 2.12 bits per heavy atom. The molecule has 3 rings (SSSR count). The summed E-state index contributed by atoms with van der Waals surface area (Å²) in [5, 5.41) is 4.00. The van der Waals surface area contributed by atoms with Gasteiger partial charge in [0.05, 0.1) is 23.0 Å². The van der Waals surface area contributed by atoms with Crippen LogP contribution in [0, 0.1) is 20.8 Å². The molecule has 1 aliphatic rings. The molecule has 2 aromatic heterocycles. The van der Waals surface area contributed by atoms with Crippen LogP contribution in [0.25, 0.3) is 11.4 Å². The molecule has 7 nitrogen and oxygen atoms in total. The summed E-state index contributed by atoms with van der Waals surface area (Å²) >= 11 is 0. The Hall–Kier alpha value is -2.28. The van der Waals surface area contributed by atoms with Crippen LogP contribution < -0.4 is 5.73 Å². The Labute approximate surface area is 147 Å². The van der Waals surface area contributed by atoms with Crippen LogP contribution >= 0.6 is 0 Å². The maximum Gasteiger partial charge on any atom is 0.224 e. The fraction of sp³-hybridized carbons (Fsp3) is 0.556. The molecule has 2 N–H and O–H groups in total. The van der Waals surface area contributed by atoms with E-state index in [1.165, 1.54) is 0 Å². The number of nitrogens with two attached hydrogens (primary N) is 1. The van der Waals surface area contributed by atoms with E-state index in [9.17, 15) is 4.79 Å². The third kappa shape index (κ3) is 3.56. The monoisotopic (exact) mass is 343 g/mol. The zero-order valence-electron chi connectivity index (χ0n) is 15.1. The van der Waals surface area contributed by atoms with E-state index in [4.69, 9.17) is 15.2 Å². The molecule has 2 aromatic rings. The van der Waals surface area contributed by atoms with Gasteiger partial charge in [-0.15, -0.1) is 0 Å². The minimum atomic E-state index is -0.0197. The third-order valence-electron chi connectivity index (χ3n) is 4.65. The van der Waals surface area contributed by atoms with Crippen LogP contribution in [0.1, 0.15) is 54.6 Å². The molecule has 25 heavy (non-hydrogen) atoms. The number of carbonyl (C=O) groups is 1. The van der Waals surface area contributed by atoms with E-state index >= 15 is 0 Å². The summed E-state index contributed by atoms with van der Waals surface area (Å²) in [6, 6.07) is 1.95. The largest absolute Gasteiger partial charge is 0.361 e. The fourth-order valence-electron chi connectivity index (χ4n) is 3.48. The second kappa shape index (κ2) is 7.31. The van der Waals surface area contributed by atoms with Gasteiger partial charge >= 0.3 is 0 Å². The van der Waals surface area contributed by atoms with Crippen molar-refractivity contribution in [2.75, 3.05) is 13.1 Å². The molecule has 0 aromatic carbocycles. The van der Waals surface area contributed by atoms with Crippen molar-refractivity contribution in [2.45, 2.75) is 52.5 Å². The van der Waals surface area contributed by atoms with Crippen molar-refractivity contribution in [2.24, 2.45) is 5.73 Å². The predicted octanol–water partition coefficient (Wildman–Crippen LogP) is 2.46. The van der Waals surface area contributed by atoms with Crippen LogP contribution in [0.2, 0.25) is 0 Å². The highest BCUT2D eigenvalue weighted by molar-refractivity contribution is 5.77. The lowest BCUT2D eigenvalue weighted by molar-refractivity contribution is -0.134. The average Bonchev–Trinajstić information content (AvgIpc) is 2.93. The lowest BCUT2D eigenvalue weighted by Gasteiger charge is -2.35. The molecule has 1 amide bonds. The highest BCUT2D eigenvalue weighted by atomic mass is 16.5.